The number of nitrogens with one attached hydrogen (secondary N) is 1. The maximum atomic E-state index is 12.2. The molecule has 1 atom stereocenters. The highest BCUT2D eigenvalue weighted by Gasteiger charge is 2.28. The molecule has 1 fully saturated rings. The molecule has 20 heavy (non-hydrogen) atoms. The first-order valence-corrected chi connectivity index (χ1v) is 6.86. The van der Waals surface area contributed by atoms with Gasteiger partial charge in [-0.05, 0) is 32.1 Å². The van der Waals surface area contributed by atoms with E-state index in [1.807, 2.05) is 11.9 Å². The standard InChI is InChI=1S/C13H14Cl2N2O3/c1-17-5-4-7(6-17)12(18)16-11-9(15)3-2-8(14)10(11)13(19)20/h2-3,7H,4-6H2,1H3,(H,16,18)(H,19,20). The molecular formula is C13H14Cl2N2O3. The Morgan fingerprint density at radius 2 is 2.00 bits per heavy atom. The summed E-state index contributed by atoms with van der Waals surface area (Å²) in [6, 6.07) is 2.86. The number of carboxylic acid groups (broad SMARTS) is 1. The van der Waals surface area contributed by atoms with Gasteiger partial charge in [0.05, 0.1) is 21.7 Å². The fourth-order valence-corrected chi connectivity index (χ4v) is 2.70. The lowest BCUT2D eigenvalue weighted by Gasteiger charge is -2.15. The van der Waals surface area contributed by atoms with E-state index in [2.05, 4.69) is 5.32 Å². The summed E-state index contributed by atoms with van der Waals surface area (Å²) in [6.45, 7) is 1.49. The summed E-state index contributed by atoms with van der Waals surface area (Å²) in [6.07, 6.45) is 0.739. The molecule has 2 rings (SSSR count). The van der Waals surface area contributed by atoms with Crippen molar-refractivity contribution in [2.45, 2.75) is 6.42 Å². The summed E-state index contributed by atoms with van der Waals surface area (Å²) in [5.41, 5.74) is -0.120. The van der Waals surface area contributed by atoms with E-state index >= 15 is 0 Å². The molecule has 2 N–H and O–H groups in total. The lowest BCUT2D eigenvalue weighted by atomic mass is 10.1. The van der Waals surface area contributed by atoms with Crippen LogP contribution in [0.5, 0.6) is 0 Å². The van der Waals surface area contributed by atoms with Crippen LogP contribution in [0.4, 0.5) is 5.69 Å². The predicted octanol–water partition coefficient (Wildman–Crippen LogP) is 2.58. The third-order valence-electron chi connectivity index (χ3n) is 3.33. The van der Waals surface area contributed by atoms with E-state index in [9.17, 15) is 14.7 Å². The van der Waals surface area contributed by atoms with E-state index in [-0.39, 0.29) is 33.1 Å². The third-order valence-corrected chi connectivity index (χ3v) is 3.96. The fourth-order valence-electron chi connectivity index (χ4n) is 2.26. The molecule has 7 heteroatoms. The van der Waals surface area contributed by atoms with E-state index in [4.69, 9.17) is 23.2 Å². The van der Waals surface area contributed by atoms with Gasteiger partial charge in [0.1, 0.15) is 5.56 Å². The largest absolute Gasteiger partial charge is 0.478 e. The summed E-state index contributed by atoms with van der Waals surface area (Å²) in [4.78, 5) is 25.5. The molecule has 0 radical (unpaired) electrons. The molecule has 1 amide bonds. The van der Waals surface area contributed by atoms with Crippen molar-refractivity contribution in [3.63, 3.8) is 0 Å². The molecule has 0 saturated carbocycles. The average molecular weight is 317 g/mol. The summed E-state index contributed by atoms with van der Waals surface area (Å²) >= 11 is 11.8. The molecule has 1 unspecified atom stereocenters. The van der Waals surface area contributed by atoms with E-state index in [1.54, 1.807) is 0 Å². The number of carbonyl (C=O) groups excluding carboxylic acids is 1. The third kappa shape index (κ3) is 3.06. The van der Waals surface area contributed by atoms with Crippen LogP contribution in [-0.2, 0) is 4.79 Å². The number of benzene rings is 1. The molecular weight excluding hydrogens is 303 g/mol. The number of carboxylic acids is 1. The Balaban J connectivity index is 2.27. The Morgan fingerprint density at radius 3 is 2.55 bits per heavy atom. The Hall–Kier alpha value is -1.30. The molecule has 0 aliphatic carbocycles. The lowest BCUT2D eigenvalue weighted by Crippen LogP contribution is -2.26. The molecule has 0 aromatic heterocycles. The van der Waals surface area contributed by atoms with Gasteiger partial charge >= 0.3 is 5.97 Å². The number of likely N-dealkylation sites (tertiary alicyclic amines) is 1. The molecule has 5 nitrogen and oxygen atoms in total. The number of carbonyl (C=O) groups is 2. The van der Waals surface area contributed by atoms with Gasteiger partial charge in [-0.15, -0.1) is 0 Å². The van der Waals surface area contributed by atoms with Crippen molar-refractivity contribution in [3.05, 3.63) is 27.7 Å². The minimum atomic E-state index is -1.23. The molecule has 1 heterocycles. The zero-order valence-corrected chi connectivity index (χ0v) is 12.3. The summed E-state index contributed by atoms with van der Waals surface area (Å²) < 4.78 is 0. The highest BCUT2D eigenvalue weighted by molar-refractivity contribution is 6.38. The number of anilines is 1. The highest BCUT2D eigenvalue weighted by atomic mass is 35.5. The van der Waals surface area contributed by atoms with Crippen LogP contribution in [0.3, 0.4) is 0 Å². The monoisotopic (exact) mass is 316 g/mol. The molecule has 1 aromatic rings. The van der Waals surface area contributed by atoms with Gasteiger partial charge in [-0.25, -0.2) is 4.79 Å². The molecule has 1 aliphatic rings. The number of nitrogens with zero attached hydrogens (tertiary/aromatic N) is 1. The highest BCUT2D eigenvalue weighted by Crippen LogP contribution is 2.32. The number of hydrogen-bond acceptors (Lipinski definition) is 3. The Labute approximate surface area is 126 Å². The van der Waals surface area contributed by atoms with Gasteiger partial charge in [0.2, 0.25) is 5.91 Å². The lowest BCUT2D eigenvalue weighted by molar-refractivity contribution is -0.119. The van der Waals surface area contributed by atoms with Crippen molar-refractivity contribution in [3.8, 4) is 0 Å². The fraction of sp³-hybridized carbons (Fsp3) is 0.385. The number of hydrogen-bond donors (Lipinski definition) is 2. The van der Waals surface area contributed by atoms with Gasteiger partial charge in [0.15, 0.2) is 0 Å². The second kappa shape index (κ2) is 5.99. The summed E-state index contributed by atoms with van der Waals surface area (Å²) in [5.74, 6) is -1.63. The van der Waals surface area contributed by atoms with Crippen LogP contribution in [0.1, 0.15) is 16.8 Å². The molecule has 1 saturated heterocycles. The second-order valence-corrected chi connectivity index (χ2v) is 5.64. The van der Waals surface area contributed by atoms with Crippen LogP contribution in [0.25, 0.3) is 0 Å². The first-order chi connectivity index (χ1) is 9.40. The normalized spacial score (nSPS) is 19.1. The van der Waals surface area contributed by atoms with Gasteiger partial charge in [0, 0.05) is 6.54 Å². The number of amides is 1. The van der Waals surface area contributed by atoms with Crippen molar-refractivity contribution in [1.29, 1.82) is 0 Å². The SMILES string of the molecule is CN1CCC(C(=O)Nc2c(Cl)ccc(Cl)c2C(=O)O)C1. The van der Waals surface area contributed by atoms with Gasteiger partial charge in [-0.3, -0.25) is 4.79 Å². The molecule has 1 aromatic carbocycles. The van der Waals surface area contributed by atoms with Crippen LogP contribution in [0, 0.1) is 5.92 Å². The van der Waals surface area contributed by atoms with E-state index in [0.717, 1.165) is 13.0 Å². The van der Waals surface area contributed by atoms with Crippen LogP contribution >= 0.6 is 23.2 Å². The van der Waals surface area contributed by atoms with E-state index in [0.29, 0.717) is 6.54 Å². The van der Waals surface area contributed by atoms with Crippen LogP contribution < -0.4 is 5.32 Å². The van der Waals surface area contributed by atoms with Crippen molar-refractivity contribution in [1.82, 2.24) is 4.90 Å². The average Bonchev–Trinajstić information content (AvgIpc) is 2.80. The molecule has 1 aliphatic heterocycles. The first-order valence-electron chi connectivity index (χ1n) is 6.11. The minimum Gasteiger partial charge on any atom is -0.478 e. The molecule has 0 spiro atoms. The van der Waals surface area contributed by atoms with E-state index in [1.165, 1.54) is 12.1 Å². The Kier molecular flexibility index (Phi) is 4.52. The summed E-state index contributed by atoms with van der Waals surface area (Å²) in [5, 5.41) is 12.0. The molecule has 108 valence electrons. The molecule has 0 bridgehead atoms. The number of rotatable bonds is 3. The zero-order chi connectivity index (χ0) is 14.9. The minimum absolute atomic E-state index is 0.0424. The Morgan fingerprint density at radius 1 is 1.35 bits per heavy atom. The van der Waals surface area contributed by atoms with Crippen molar-refractivity contribution in [2.75, 3.05) is 25.5 Å². The number of halogens is 2. The second-order valence-electron chi connectivity index (χ2n) is 4.82. The van der Waals surface area contributed by atoms with Crippen LogP contribution in [-0.4, -0.2) is 42.0 Å². The maximum Gasteiger partial charge on any atom is 0.339 e. The Bertz CT molecular complexity index is 563. The van der Waals surface area contributed by atoms with Crippen LogP contribution in [0.15, 0.2) is 12.1 Å². The van der Waals surface area contributed by atoms with Crippen molar-refractivity contribution >= 4 is 40.8 Å². The van der Waals surface area contributed by atoms with E-state index < -0.39 is 5.97 Å². The predicted molar refractivity (Wildman–Crippen MR) is 77.7 cm³/mol. The van der Waals surface area contributed by atoms with Crippen molar-refractivity contribution in [2.24, 2.45) is 5.92 Å². The first kappa shape index (κ1) is 15.1. The summed E-state index contributed by atoms with van der Waals surface area (Å²) in [7, 11) is 1.93. The topological polar surface area (TPSA) is 69.6 Å². The smallest absolute Gasteiger partial charge is 0.339 e. The zero-order valence-electron chi connectivity index (χ0n) is 10.8. The number of aromatic carboxylic acids is 1. The maximum absolute atomic E-state index is 12.2. The van der Waals surface area contributed by atoms with Gasteiger partial charge < -0.3 is 15.3 Å². The van der Waals surface area contributed by atoms with Crippen molar-refractivity contribution < 1.29 is 14.7 Å². The van der Waals surface area contributed by atoms with Gasteiger partial charge in [0.25, 0.3) is 0 Å². The quantitative estimate of drug-likeness (QED) is 0.899. The van der Waals surface area contributed by atoms with Crippen LogP contribution in [0.2, 0.25) is 10.0 Å². The van der Waals surface area contributed by atoms with Gasteiger partial charge in [-0.2, -0.15) is 0 Å². The van der Waals surface area contributed by atoms with Gasteiger partial charge in [-0.1, -0.05) is 23.2 Å².